The van der Waals surface area contributed by atoms with Crippen molar-refractivity contribution in [2.45, 2.75) is 79.6 Å². The molecule has 186 valence electrons. The molecule has 0 aromatic heterocycles. The maximum absolute atomic E-state index is 12.6. The zero-order chi connectivity index (χ0) is 25.4. The largest absolute Gasteiger partial charge is 0.450 e. The fraction of sp³-hybridized carbons (Fsp3) is 0.577. The summed E-state index contributed by atoms with van der Waals surface area (Å²) in [6, 6.07) is 6.90. The Kier molecular flexibility index (Phi) is 15.7. The summed E-state index contributed by atoms with van der Waals surface area (Å²) in [6.45, 7) is 11.3. The van der Waals surface area contributed by atoms with E-state index in [1.54, 1.807) is 33.0 Å². The van der Waals surface area contributed by atoms with Crippen molar-refractivity contribution in [3.8, 4) is 0 Å². The van der Waals surface area contributed by atoms with Crippen LogP contribution in [0.4, 0.5) is 4.39 Å². The molecule has 1 fully saturated rings. The number of aliphatic imine (C=N–C) groups is 1. The van der Waals surface area contributed by atoms with E-state index < -0.39 is 0 Å². The van der Waals surface area contributed by atoms with E-state index in [0.717, 1.165) is 36.5 Å². The van der Waals surface area contributed by atoms with Gasteiger partial charge < -0.3 is 10.5 Å². The number of carbonyl (C=O) groups is 2. The molecule has 7 heteroatoms. The Morgan fingerprint density at radius 2 is 1.76 bits per heavy atom. The number of ether oxygens (including phenoxy) is 1. The maximum atomic E-state index is 12.6. The quantitative estimate of drug-likeness (QED) is 0.166. The van der Waals surface area contributed by atoms with Crippen LogP contribution in [0.3, 0.4) is 0 Å². The molecule has 0 saturated heterocycles. The van der Waals surface area contributed by atoms with Crippen molar-refractivity contribution in [1.82, 2.24) is 5.32 Å². The first-order chi connectivity index (χ1) is 15.6. The standard InChI is InChI=1S/C11H13F.C11H20N2O.C4H9NO2/c1-8(9-2-3-9)10-4-6-11(12)7-5-10;1-5-7-10(8(3)14)11(6-2)13-9(4)12;1-4(6)7-3-5-2/h4-9H,2-3H2,1H3;5-7H2,1-4H3,(H2,12,13);5H,3H2,1-2H3/b;11-10-;. The van der Waals surface area contributed by atoms with Gasteiger partial charge >= 0.3 is 5.97 Å². The van der Waals surface area contributed by atoms with Crippen LogP contribution in [0.15, 0.2) is 40.5 Å². The van der Waals surface area contributed by atoms with E-state index in [9.17, 15) is 14.0 Å². The van der Waals surface area contributed by atoms with E-state index in [1.807, 2.05) is 19.1 Å². The van der Waals surface area contributed by atoms with Gasteiger partial charge in [0.2, 0.25) is 0 Å². The molecule has 1 atom stereocenters. The highest BCUT2D eigenvalue weighted by molar-refractivity contribution is 5.94. The Bertz CT molecular complexity index is 780. The highest BCUT2D eigenvalue weighted by atomic mass is 19.1. The van der Waals surface area contributed by atoms with Gasteiger partial charge in [-0.1, -0.05) is 39.3 Å². The molecule has 1 unspecified atom stereocenters. The van der Waals surface area contributed by atoms with Crippen LogP contribution in [0, 0.1) is 11.7 Å². The number of hydrogen-bond donors (Lipinski definition) is 2. The minimum absolute atomic E-state index is 0.105. The van der Waals surface area contributed by atoms with Crippen molar-refractivity contribution in [3.63, 3.8) is 0 Å². The van der Waals surface area contributed by atoms with Gasteiger partial charge in [-0.2, -0.15) is 0 Å². The number of carbonyl (C=O) groups excluding carboxylic acids is 2. The van der Waals surface area contributed by atoms with Crippen LogP contribution in [0.2, 0.25) is 0 Å². The average Bonchev–Trinajstić information content (AvgIpc) is 3.60. The Morgan fingerprint density at radius 1 is 1.18 bits per heavy atom. The van der Waals surface area contributed by atoms with Crippen LogP contribution in [0.1, 0.15) is 85.1 Å². The molecule has 0 bridgehead atoms. The molecule has 0 amide bonds. The number of benzene rings is 1. The number of nitrogens with two attached hydrogens (primary N) is 1. The Balaban J connectivity index is 0.000000491. The monoisotopic (exact) mass is 463 g/mol. The second kappa shape index (κ2) is 17.0. The van der Waals surface area contributed by atoms with Crippen molar-refractivity contribution < 1.29 is 18.7 Å². The van der Waals surface area contributed by atoms with E-state index >= 15 is 0 Å². The molecule has 0 radical (unpaired) electrons. The van der Waals surface area contributed by atoms with Gasteiger partial charge in [-0.05, 0) is 76.1 Å². The first-order valence-corrected chi connectivity index (χ1v) is 11.6. The zero-order valence-electron chi connectivity index (χ0n) is 21.3. The summed E-state index contributed by atoms with van der Waals surface area (Å²) in [5.41, 5.74) is 8.44. The molecule has 0 spiro atoms. The van der Waals surface area contributed by atoms with Gasteiger partial charge in [0.05, 0.1) is 5.84 Å². The average molecular weight is 464 g/mol. The number of Topliss-reactive ketones (excluding diaryl/α,β-unsaturated/α-hetero) is 1. The van der Waals surface area contributed by atoms with Crippen LogP contribution in [-0.4, -0.2) is 31.4 Å². The molecule has 2 rings (SSSR count). The fourth-order valence-corrected chi connectivity index (χ4v) is 3.15. The van der Waals surface area contributed by atoms with Crippen molar-refractivity contribution in [2.24, 2.45) is 16.6 Å². The maximum Gasteiger partial charge on any atom is 0.303 e. The Labute approximate surface area is 198 Å². The third kappa shape index (κ3) is 14.3. The number of allylic oxidation sites excluding steroid dienone is 2. The number of amidine groups is 1. The lowest BCUT2D eigenvalue weighted by molar-refractivity contribution is -0.141. The number of nitrogens with one attached hydrogen (secondary N) is 1. The number of rotatable bonds is 9. The molecule has 6 nitrogen and oxygen atoms in total. The number of nitrogens with zero attached hydrogens (tertiary/aromatic N) is 1. The van der Waals surface area contributed by atoms with Crippen molar-refractivity contribution in [2.75, 3.05) is 13.8 Å². The van der Waals surface area contributed by atoms with E-state index in [0.29, 0.717) is 18.5 Å². The molecule has 1 aromatic rings. The highest BCUT2D eigenvalue weighted by Crippen LogP contribution is 2.42. The van der Waals surface area contributed by atoms with Crippen LogP contribution in [0.5, 0.6) is 0 Å². The van der Waals surface area contributed by atoms with Gasteiger partial charge in [0.15, 0.2) is 5.78 Å². The normalized spacial score (nSPS) is 14.6. The first kappa shape index (κ1) is 30.5. The Hall–Kier alpha value is -2.54. The molecule has 33 heavy (non-hydrogen) atoms. The molecular weight excluding hydrogens is 421 g/mol. The van der Waals surface area contributed by atoms with Crippen LogP contribution >= 0.6 is 0 Å². The predicted molar refractivity (Wildman–Crippen MR) is 133 cm³/mol. The van der Waals surface area contributed by atoms with Gasteiger partial charge in [-0.3, -0.25) is 14.9 Å². The van der Waals surface area contributed by atoms with Gasteiger partial charge in [-0.15, -0.1) is 0 Å². The van der Waals surface area contributed by atoms with Gasteiger partial charge in [0, 0.05) is 18.2 Å². The molecule has 1 aliphatic carbocycles. The molecule has 0 aliphatic heterocycles. The van der Waals surface area contributed by atoms with Crippen molar-refractivity contribution in [3.05, 3.63) is 46.9 Å². The summed E-state index contributed by atoms with van der Waals surface area (Å²) < 4.78 is 17.0. The summed E-state index contributed by atoms with van der Waals surface area (Å²) in [4.78, 5) is 25.5. The van der Waals surface area contributed by atoms with E-state index in [2.05, 4.69) is 28.9 Å². The number of ketones is 1. The molecule has 3 N–H and O–H groups in total. The first-order valence-electron chi connectivity index (χ1n) is 11.6. The molecule has 1 saturated carbocycles. The lowest BCUT2D eigenvalue weighted by atomic mass is 9.96. The predicted octanol–water partition coefficient (Wildman–Crippen LogP) is 5.48. The van der Waals surface area contributed by atoms with Gasteiger partial charge in [-0.25, -0.2) is 9.38 Å². The molecule has 1 aromatic carbocycles. The molecule has 1 aliphatic rings. The summed E-state index contributed by atoms with van der Waals surface area (Å²) >= 11 is 0. The Morgan fingerprint density at radius 3 is 2.09 bits per heavy atom. The van der Waals surface area contributed by atoms with Crippen molar-refractivity contribution >= 4 is 17.6 Å². The third-order valence-corrected chi connectivity index (χ3v) is 5.06. The third-order valence-electron chi connectivity index (χ3n) is 5.06. The number of hydrogen-bond acceptors (Lipinski definition) is 5. The summed E-state index contributed by atoms with van der Waals surface area (Å²) in [5, 5.41) is 2.66. The van der Waals surface area contributed by atoms with Crippen LogP contribution in [-0.2, 0) is 14.3 Å². The smallest absolute Gasteiger partial charge is 0.303 e. The minimum atomic E-state index is -0.255. The molecule has 0 heterocycles. The van der Waals surface area contributed by atoms with Crippen molar-refractivity contribution in [1.29, 1.82) is 0 Å². The van der Waals surface area contributed by atoms with E-state index in [1.165, 1.54) is 25.3 Å². The minimum Gasteiger partial charge on any atom is -0.450 e. The number of esters is 1. The topological polar surface area (TPSA) is 93.8 Å². The van der Waals surface area contributed by atoms with Crippen LogP contribution in [0.25, 0.3) is 0 Å². The highest BCUT2D eigenvalue weighted by Gasteiger charge is 2.28. The van der Waals surface area contributed by atoms with Crippen LogP contribution < -0.4 is 11.1 Å². The fourth-order valence-electron chi connectivity index (χ4n) is 3.15. The summed E-state index contributed by atoms with van der Waals surface area (Å²) in [5.74, 6) is 1.70. The zero-order valence-corrected chi connectivity index (χ0v) is 21.3. The SMILES string of the molecule is CC(c1ccc(F)cc1)C1CC1.CCC/C(C(C)=O)=C(\CC)N=C(C)N.CNCOC(C)=O. The van der Waals surface area contributed by atoms with E-state index in [4.69, 9.17) is 5.73 Å². The lowest BCUT2D eigenvalue weighted by Gasteiger charge is -2.09. The lowest BCUT2D eigenvalue weighted by Crippen LogP contribution is -2.13. The summed E-state index contributed by atoms with van der Waals surface area (Å²) in [6.07, 6.45) is 5.19. The van der Waals surface area contributed by atoms with E-state index in [-0.39, 0.29) is 17.6 Å². The summed E-state index contributed by atoms with van der Waals surface area (Å²) in [7, 11) is 1.71. The molecular formula is C26H42FN3O3. The number of halogens is 1. The van der Waals surface area contributed by atoms with Gasteiger partial charge in [0.1, 0.15) is 12.5 Å². The second-order valence-electron chi connectivity index (χ2n) is 8.15. The van der Waals surface area contributed by atoms with Gasteiger partial charge in [0.25, 0.3) is 0 Å². The second-order valence-corrected chi connectivity index (χ2v) is 8.15.